The molecule has 8 nitrogen and oxygen atoms in total. The van der Waals surface area contributed by atoms with Crippen LogP contribution in [0.2, 0.25) is 0 Å². The molecule has 1 aromatic heterocycles. The predicted octanol–water partition coefficient (Wildman–Crippen LogP) is 2.56. The molecule has 1 amide bonds. The lowest BCUT2D eigenvalue weighted by Gasteiger charge is -2.37. The van der Waals surface area contributed by atoms with Gasteiger partial charge in [0.2, 0.25) is 0 Å². The molecule has 9 heteroatoms. The normalized spacial score (nSPS) is 15.1. The summed E-state index contributed by atoms with van der Waals surface area (Å²) >= 11 is 0. The average molecular weight is 392 g/mol. The van der Waals surface area contributed by atoms with Crippen molar-refractivity contribution in [2.24, 2.45) is 7.05 Å². The van der Waals surface area contributed by atoms with Crippen LogP contribution in [0.1, 0.15) is 31.1 Å². The van der Waals surface area contributed by atoms with Gasteiger partial charge in [-0.15, -0.1) is 0 Å². The fourth-order valence-electron chi connectivity index (χ4n) is 3.28. The molecule has 1 aromatic carbocycles. The minimum absolute atomic E-state index is 0.0896. The van der Waals surface area contributed by atoms with Gasteiger partial charge in [0.25, 0.3) is 0 Å². The molecular weight excluding hydrogens is 367 g/mol. The molecule has 0 aliphatic carbocycles. The van der Waals surface area contributed by atoms with Crippen molar-refractivity contribution in [3.05, 3.63) is 23.6 Å². The standard InChI is InChI=1S/C19H25FN4O4/c1-19(2,3)28-18(26)24-8-6-23(7-9-24)16-13-11-22(4)21-15(13)12(10-14(16)20)17(25)27-5/h10-11H,6-9H2,1-5H3. The second-order valence-corrected chi connectivity index (χ2v) is 7.77. The first-order valence-electron chi connectivity index (χ1n) is 9.08. The SMILES string of the molecule is COC(=O)c1cc(F)c(N2CCN(C(=O)OC(C)(C)C)CC2)c2cn(C)nc12. The van der Waals surface area contributed by atoms with Crippen molar-refractivity contribution in [1.82, 2.24) is 14.7 Å². The maximum Gasteiger partial charge on any atom is 0.410 e. The number of carbonyl (C=O) groups excluding carboxylic acids is 2. The smallest absolute Gasteiger partial charge is 0.410 e. The van der Waals surface area contributed by atoms with E-state index in [-0.39, 0.29) is 11.7 Å². The number of nitrogens with zero attached hydrogens (tertiary/aromatic N) is 4. The average Bonchev–Trinajstić information content (AvgIpc) is 3.00. The first-order valence-corrected chi connectivity index (χ1v) is 9.08. The molecule has 0 spiro atoms. The van der Waals surface area contributed by atoms with Crippen molar-refractivity contribution in [3.8, 4) is 0 Å². The zero-order valence-electron chi connectivity index (χ0n) is 16.8. The molecule has 0 saturated carbocycles. The molecule has 1 fully saturated rings. The number of methoxy groups -OCH3 is 1. The summed E-state index contributed by atoms with van der Waals surface area (Å²) in [7, 11) is 2.96. The number of amides is 1. The summed E-state index contributed by atoms with van der Waals surface area (Å²) in [5.74, 6) is -1.16. The van der Waals surface area contributed by atoms with Gasteiger partial charge in [-0.05, 0) is 26.8 Å². The summed E-state index contributed by atoms with van der Waals surface area (Å²) in [4.78, 5) is 27.7. The van der Waals surface area contributed by atoms with Crippen LogP contribution in [0.4, 0.5) is 14.9 Å². The number of halogens is 1. The first kappa shape index (κ1) is 19.9. The molecule has 2 heterocycles. The van der Waals surface area contributed by atoms with E-state index >= 15 is 0 Å². The number of aromatic nitrogens is 2. The van der Waals surface area contributed by atoms with Crippen molar-refractivity contribution in [2.75, 3.05) is 38.2 Å². The Labute approximate surface area is 162 Å². The zero-order chi connectivity index (χ0) is 20.6. The van der Waals surface area contributed by atoms with Crippen molar-refractivity contribution >= 4 is 28.7 Å². The molecule has 3 rings (SSSR count). The van der Waals surface area contributed by atoms with Gasteiger partial charge in [0.15, 0.2) is 0 Å². The molecule has 0 radical (unpaired) electrons. The number of fused-ring (bicyclic) bond motifs is 1. The van der Waals surface area contributed by atoms with E-state index in [9.17, 15) is 14.0 Å². The minimum atomic E-state index is -0.635. The van der Waals surface area contributed by atoms with Crippen LogP contribution in [0, 0.1) is 5.82 Å². The molecule has 0 unspecified atom stereocenters. The highest BCUT2D eigenvalue weighted by Gasteiger charge is 2.29. The third kappa shape index (κ3) is 3.88. The number of hydrogen-bond donors (Lipinski definition) is 0. The molecule has 28 heavy (non-hydrogen) atoms. The number of hydrogen-bond acceptors (Lipinski definition) is 6. The number of esters is 1. The van der Waals surface area contributed by atoms with Gasteiger partial charge in [0.1, 0.15) is 16.9 Å². The highest BCUT2D eigenvalue weighted by molar-refractivity contribution is 6.06. The van der Waals surface area contributed by atoms with Crippen LogP contribution < -0.4 is 4.90 Å². The van der Waals surface area contributed by atoms with Crippen LogP contribution >= 0.6 is 0 Å². The van der Waals surface area contributed by atoms with Gasteiger partial charge in [0, 0.05) is 44.8 Å². The molecular formula is C19H25FN4O4. The van der Waals surface area contributed by atoms with Crippen LogP contribution in [0.3, 0.4) is 0 Å². The van der Waals surface area contributed by atoms with Gasteiger partial charge in [-0.1, -0.05) is 0 Å². The molecule has 0 atom stereocenters. The number of piperazine rings is 1. The lowest BCUT2D eigenvalue weighted by Crippen LogP contribution is -2.50. The highest BCUT2D eigenvalue weighted by atomic mass is 19.1. The molecule has 1 aliphatic rings. The maximum atomic E-state index is 15.0. The van der Waals surface area contributed by atoms with Crippen molar-refractivity contribution in [3.63, 3.8) is 0 Å². The van der Waals surface area contributed by atoms with E-state index in [1.807, 2.05) is 25.7 Å². The molecule has 1 saturated heterocycles. The monoisotopic (exact) mass is 392 g/mol. The Kier molecular flexibility index (Phi) is 5.18. The van der Waals surface area contributed by atoms with E-state index in [1.54, 1.807) is 18.1 Å². The molecule has 1 aliphatic heterocycles. The summed E-state index contributed by atoms with van der Waals surface area (Å²) in [5.41, 5.74) is 0.290. The van der Waals surface area contributed by atoms with Gasteiger partial charge in [-0.2, -0.15) is 5.10 Å². The van der Waals surface area contributed by atoms with Crippen molar-refractivity contribution < 1.29 is 23.5 Å². The van der Waals surface area contributed by atoms with Gasteiger partial charge in [0.05, 0.1) is 18.4 Å². The number of rotatable bonds is 2. The van der Waals surface area contributed by atoms with Gasteiger partial charge < -0.3 is 19.3 Å². The van der Waals surface area contributed by atoms with Crippen molar-refractivity contribution in [2.45, 2.75) is 26.4 Å². The van der Waals surface area contributed by atoms with Crippen molar-refractivity contribution in [1.29, 1.82) is 0 Å². The molecule has 152 valence electrons. The van der Waals surface area contributed by atoms with Crippen LogP contribution in [-0.2, 0) is 16.5 Å². The fourth-order valence-corrected chi connectivity index (χ4v) is 3.28. The Morgan fingerprint density at radius 3 is 2.39 bits per heavy atom. The van der Waals surface area contributed by atoms with E-state index < -0.39 is 17.4 Å². The fraction of sp³-hybridized carbons (Fsp3) is 0.526. The summed E-state index contributed by atoms with van der Waals surface area (Å²) < 4.78 is 26.6. The summed E-state index contributed by atoms with van der Waals surface area (Å²) in [6.07, 6.45) is 1.31. The Hall–Kier alpha value is -2.84. The maximum absolute atomic E-state index is 15.0. The predicted molar refractivity (Wildman–Crippen MR) is 102 cm³/mol. The van der Waals surface area contributed by atoms with Crippen LogP contribution in [0.5, 0.6) is 0 Å². The first-order chi connectivity index (χ1) is 13.1. The second-order valence-electron chi connectivity index (χ2n) is 7.77. The lowest BCUT2D eigenvalue weighted by atomic mass is 10.1. The van der Waals surface area contributed by atoms with Crippen LogP contribution in [-0.4, -0.2) is 65.6 Å². The Morgan fingerprint density at radius 2 is 1.82 bits per heavy atom. The van der Waals surface area contributed by atoms with E-state index in [4.69, 9.17) is 9.47 Å². The third-order valence-corrected chi connectivity index (χ3v) is 4.49. The summed E-state index contributed by atoms with van der Waals surface area (Å²) in [6, 6.07) is 1.16. The molecule has 0 bridgehead atoms. The number of anilines is 1. The molecule has 0 N–H and O–H groups in total. The van der Waals surface area contributed by atoms with Gasteiger partial charge in [-0.3, -0.25) is 4.68 Å². The highest BCUT2D eigenvalue weighted by Crippen LogP contribution is 2.33. The summed E-state index contributed by atoms with van der Waals surface area (Å²) in [5, 5.41) is 4.84. The topological polar surface area (TPSA) is 76.9 Å². The number of carbonyl (C=O) groups is 2. The van der Waals surface area contributed by atoms with Crippen LogP contribution in [0.25, 0.3) is 10.9 Å². The quantitative estimate of drug-likeness (QED) is 0.731. The number of benzene rings is 1. The van der Waals surface area contributed by atoms with Gasteiger partial charge in [-0.25, -0.2) is 14.0 Å². The number of ether oxygens (including phenoxy) is 2. The van der Waals surface area contributed by atoms with E-state index in [0.29, 0.717) is 42.8 Å². The van der Waals surface area contributed by atoms with E-state index in [2.05, 4.69) is 5.10 Å². The zero-order valence-corrected chi connectivity index (χ0v) is 16.8. The molecule has 2 aromatic rings. The Balaban J connectivity index is 1.87. The number of aryl methyl sites for hydroxylation is 1. The third-order valence-electron chi connectivity index (χ3n) is 4.49. The van der Waals surface area contributed by atoms with E-state index in [1.165, 1.54) is 11.8 Å². The summed E-state index contributed by atoms with van der Waals surface area (Å²) in [6.45, 7) is 7.16. The van der Waals surface area contributed by atoms with E-state index in [0.717, 1.165) is 6.07 Å². The Bertz CT molecular complexity index is 911. The minimum Gasteiger partial charge on any atom is -0.465 e. The second kappa shape index (κ2) is 7.29. The lowest BCUT2D eigenvalue weighted by molar-refractivity contribution is 0.0240. The van der Waals surface area contributed by atoms with Crippen LogP contribution in [0.15, 0.2) is 12.3 Å². The Morgan fingerprint density at radius 1 is 1.18 bits per heavy atom. The largest absolute Gasteiger partial charge is 0.465 e. The van der Waals surface area contributed by atoms with Gasteiger partial charge >= 0.3 is 12.1 Å².